The third-order valence-electron chi connectivity index (χ3n) is 3.57. The number of nitrogens with two attached hydrogens (primary N) is 1. The average molecular weight is 289 g/mol. The molecule has 0 spiro atoms. The van der Waals surface area contributed by atoms with Crippen molar-refractivity contribution in [3.8, 4) is 0 Å². The zero-order valence-corrected chi connectivity index (χ0v) is 11.9. The highest BCUT2D eigenvalue weighted by Gasteiger charge is 2.31. The van der Waals surface area contributed by atoms with Crippen molar-refractivity contribution >= 4 is 38.9 Å². The zero-order valence-electron chi connectivity index (χ0n) is 11.1. The number of hydrogen-bond donors (Lipinski definition) is 2. The maximum Gasteiger partial charge on any atom is 0.264 e. The molecule has 2 amide bonds. The molecular weight excluding hydrogens is 274 g/mol. The van der Waals surface area contributed by atoms with Crippen molar-refractivity contribution in [2.24, 2.45) is 0 Å². The number of nitrogens with zero attached hydrogens (tertiary/aromatic N) is 1. The number of anilines is 1. The minimum absolute atomic E-state index is 0.0435. The van der Waals surface area contributed by atoms with E-state index >= 15 is 0 Å². The molecule has 1 aliphatic rings. The highest BCUT2D eigenvalue weighted by atomic mass is 32.1. The summed E-state index contributed by atoms with van der Waals surface area (Å²) < 4.78 is 0.977. The smallest absolute Gasteiger partial charge is 0.264 e. The lowest BCUT2D eigenvalue weighted by Crippen LogP contribution is -2.40. The third-order valence-corrected chi connectivity index (χ3v) is 4.76. The fourth-order valence-corrected chi connectivity index (χ4v) is 3.44. The van der Waals surface area contributed by atoms with Gasteiger partial charge in [0.1, 0.15) is 10.9 Å². The van der Waals surface area contributed by atoms with Gasteiger partial charge in [0.05, 0.1) is 5.69 Å². The SMILES string of the molecule is CN1CCC(NC(=O)c2sc3ccccc3c2N)C1=O. The normalized spacial score (nSPS) is 18.8. The molecule has 6 heteroatoms. The molecule has 2 heterocycles. The zero-order chi connectivity index (χ0) is 14.3. The Morgan fingerprint density at radius 3 is 2.85 bits per heavy atom. The van der Waals surface area contributed by atoms with E-state index in [2.05, 4.69) is 5.32 Å². The molecule has 1 aromatic carbocycles. The van der Waals surface area contributed by atoms with E-state index in [1.807, 2.05) is 24.3 Å². The van der Waals surface area contributed by atoms with Crippen molar-refractivity contribution in [2.45, 2.75) is 12.5 Å². The van der Waals surface area contributed by atoms with E-state index in [1.165, 1.54) is 11.3 Å². The molecule has 3 rings (SSSR count). The molecule has 1 atom stereocenters. The van der Waals surface area contributed by atoms with Crippen LogP contribution in [0.3, 0.4) is 0 Å². The van der Waals surface area contributed by atoms with Gasteiger partial charge >= 0.3 is 0 Å². The van der Waals surface area contributed by atoms with E-state index in [0.29, 0.717) is 23.5 Å². The van der Waals surface area contributed by atoms with Crippen LogP contribution in [-0.4, -0.2) is 36.3 Å². The molecule has 1 fully saturated rings. The lowest BCUT2D eigenvalue weighted by atomic mass is 10.2. The number of benzene rings is 1. The number of amides is 2. The van der Waals surface area contributed by atoms with Gasteiger partial charge in [-0.1, -0.05) is 18.2 Å². The predicted molar refractivity (Wildman–Crippen MR) is 79.7 cm³/mol. The Bertz CT molecular complexity index is 695. The van der Waals surface area contributed by atoms with Crippen LogP contribution in [-0.2, 0) is 4.79 Å². The van der Waals surface area contributed by atoms with E-state index in [0.717, 1.165) is 10.1 Å². The largest absolute Gasteiger partial charge is 0.397 e. The number of carbonyl (C=O) groups is 2. The van der Waals surface area contributed by atoms with E-state index in [1.54, 1.807) is 11.9 Å². The van der Waals surface area contributed by atoms with Crippen LogP contribution >= 0.6 is 11.3 Å². The lowest BCUT2D eigenvalue weighted by molar-refractivity contribution is -0.128. The molecule has 1 unspecified atom stereocenters. The molecule has 0 aliphatic carbocycles. The summed E-state index contributed by atoms with van der Waals surface area (Å²) in [6.45, 7) is 0.672. The maximum absolute atomic E-state index is 12.3. The van der Waals surface area contributed by atoms with Crippen molar-refractivity contribution in [2.75, 3.05) is 19.3 Å². The first-order valence-electron chi connectivity index (χ1n) is 6.41. The quantitative estimate of drug-likeness (QED) is 0.878. The first kappa shape index (κ1) is 12.9. The van der Waals surface area contributed by atoms with Gasteiger partial charge in [0.15, 0.2) is 0 Å². The summed E-state index contributed by atoms with van der Waals surface area (Å²) in [5.74, 6) is -0.310. The molecule has 1 saturated heterocycles. The summed E-state index contributed by atoms with van der Waals surface area (Å²) in [6, 6.07) is 7.20. The van der Waals surface area contributed by atoms with Gasteiger partial charge < -0.3 is 16.0 Å². The van der Waals surface area contributed by atoms with Crippen molar-refractivity contribution in [3.05, 3.63) is 29.1 Å². The molecule has 0 saturated carbocycles. The van der Waals surface area contributed by atoms with Crippen molar-refractivity contribution in [1.29, 1.82) is 0 Å². The molecule has 1 aromatic heterocycles. The van der Waals surface area contributed by atoms with Crippen LogP contribution in [0.5, 0.6) is 0 Å². The first-order valence-corrected chi connectivity index (χ1v) is 7.22. The number of rotatable bonds is 2. The Morgan fingerprint density at radius 1 is 1.45 bits per heavy atom. The van der Waals surface area contributed by atoms with Gasteiger partial charge in [-0.05, 0) is 12.5 Å². The second-order valence-electron chi connectivity index (χ2n) is 4.92. The summed E-state index contributed by atoms with van der Waals surface area (Å²) >= 11 is 1.36. The molecule has 0 bridgehead atoms. The fourth-order valence-electron chi connectivity index (χ4n) is 2.41. The third kappa shape index (κ3) is 2.02. The lowest BCUT2D eigenvalue weighted by Gasteiger charge is -2.11. The number of nitrogen functional groups attached to an aromatic ring is 1. The monoisotopic (exact) mass is 289 g/mol. The Hall–Kier alpha value is -2.08. The molecule has 104 valence electrons. The summed E-state index contributed by atoms with van der Waals surface area (Å²) in [4.78, 5) is 26.2. The van der Waals surface area contributed by atoms with Crippen molar-refractivity contribution in [1.82, 2.24) is 10.2 Å². The maximum atomic E-state index is 12.3. The van der Waals surface area contributed by atoms with Crippen LogP contribution in [0, 0.1) is 0 Å². The molecule has 1 aliphatic heterocycles. The fraction of sp³-hybridized carbons (Fsp3) is 0.286. The molecule has 5 nitrogen and oxygen atoms in total. The number of fused-ring (bicyclic) bond motifs is 1. The number of thiophene rings is 1. The second kappa shape index (κ2) is 4.79. The number of likely N-dealkylation sites (tertiary alicyclic amines) is 1. The van der Waals surface area contributed by atoms with E-state index in [9.17, 15) is 9.59 Å². The van der Waals surface area contributed by atoms with Crippen LogP contribution in [0.2, 0.25) is 0 Å². The highest BCUT2D eigenvalue weighted by molar-refractivity contribution is 7.21. The van der Waals surface area contributed by atoms with Gasteiger partial charge in [0, 0.05) is 23.7 Å². The number of likely N-dealkylation sites (N-methyl/N-ethyl adjacent to an activating group) is 1. The van der Waals surface area contributed by atoms with E-state index in [-0.39, 0.29) is 11.8 Å². The minimum atomic E-state index is -0.433. The van der Waals surface area contributed by atoms with Crippen LogP contribution in [0.15, 0.2) is 24.3 Å². The summed E-state index contributed by atoms with van der Waals surface area (Å²) in [5.41, 5.74) is 6.52. The van der Waals surface area contributed by atoms with Crippen LogP contribution in [0.1, 0.15) is 16.1 Å². The highest BCUT2D eigenvalue weighted by Crippen LogP contribution is 2.33. The van der Waals surface area contributed by atoms with E-state index in [4.69, 9.17) is 5.73 Å². The summed E-state index contributed by atoms with van der Waals surface area (Å²) in [5, 5.41) is 3.66. The molecule has 2 aromatic rings. The standard InChI is InChI=1S/C14H15N3O2S/c1-17-7-6-9(14(17)19)16-13(18)12-11(15)8-4-2-3-5-10(8)20-12/h2-5,9H,6-7,15H2,1H3,(H,16,18). The predicted octanol–water partition coefficient (Wildman–Crippen LogP) is 1.44. The van der Waals surface area contributed by atoms with Crippen LogP contribution < -0.4 is 11.1 Å². The molecule has 0 radical (unpaired) electrons. The van der Waals surface area contributed by atoms with Crippen LogP contribution in [0.4, 0.5) is 5.69 Å². The number of carbonyl (C=O) groups excluding carboxylic acids is 2. The molecular formula is C14H15N3O2S. The topological polar surface area (TPSA) is 75.4 Å². The van der Waals surface area contributed by atoms with Crippen molar-refractivity contribution < 1.29 is 9.59 Å². The Morgan fingerprint density at radius 2 is 2.20 bits per heavy atom. The number of nitrogens with one attached hydrogen (secondary N) is 1. The Kier molecular flexibility index (Phi) is 3.10. The Balaban J connectivity index is 1.86. The second-order valence-corrected chi connectivity index (χ2v) is 5.97. The minimum Gasteiger partial charge on any atom is -0.397 e. The van der Waals surface area contributed by atoms with Gasteiger partial charge in [0.25, 0.3) is 5.91 Å². The van der Waals surface area contributed by atoms with Gasteiger partial charge in [0.2, 0.25) is 5.91 Å². The Labute approximate surface area is 120 Å². The molecule has 3 N–H and O–H groups in total. The van der Waals surface area contributed by atoms with Crippen LogP contribution in [0.25, 0.3) is 10.1 Å². The summed E-state index contributed by atoms with van der Waals surface area (Å²) in [6.07, 6.45) is 0.645. The van der Waals surface area contributed by atoms with E-state index < -0.39 is 6.04 Å². The molecule has 20 heavy (non-hydrogen) atoms. The van der Waals surface area contributed by atoms with Gasteiger partial charge in [-0.25, -0.2) is 0 Å². The summed E-state index contributed by atoms with van der Waals surface area (Å²) in [7, 11) is 1.74. The van der Waals surface area contributed by atoms with Gasteiger partial charge in [-0.15, -0.1) is 11.3 Å². The average Bonchev–Trinajstić information content (AvgIpc) is 2.94. The van der Waals surface area contributed by atoms with Gasteiger partial charge in [-0.3, -0.25) is 9.59 Å². The first-order chi connectivity index (χ1) is 9.58. The number of hydrogen-bond acceptors (Lipinski definition) is 4. The van der Waals surface area contributed by atoms with Crippen molar-refractivity contribution in [3.63, 3.8) is 0 Å². The van der Waals surface area contributed by atoms with Gasteiger partial charge in [-0.2, -0.15) is 0 Å².